The highest BCUT2D eigenvalue weighted by Crippen LogP contribution is 2.35. The zero-order valence-corrected chi connectivity index (χ0v) is 22.2. The standard InChI is InChI=1S/C27H35BrN2O4/c1-26(2,3)34-25(33)29-15-19-9-7-6-8-18(19)10-12-21(31)16-30-17-27(4,5)23-14-20(28)11-13-22(23)24(30)32/h6-9,11,13-14,21,31H,10,12,15-17H2,1-5H3,(H,29,33). The lowest BCUT2D eigenvalue weighted by atomic mass is 9.78. The van der Waals surface area contributed by atoms with E-state index in [1.165, 1.54) is 0 Å². The Balaban J connectivity index is 1.59. The van der Waals surface area contributed by atoms with Crippen LogP contribution in [0.25, 0.3) is 0 Å². The summed E-state index contributed by atoms with van der Waals surface area (Å²) >= 11 is 3.50. The second-order valence-electron chi connectivity index (χ2n) is 10.6. The van der Waals surface area contributed by atoms with Crippen LogP contribution in [-0.4, -0.2) is 46.8 Å². The van der Waals surface area contributed by atoms with Crippen LogP contribution in [0.3, 0.4) is 0 Å². The van der Waals surface area contributed by atoms with Gasteiger partial charge in [-0.2, -0.15) is 0 Å². The van der Waals surface area contributed by atoms with Crippen molar-refractivity contribution in [2.24, 2.45) is 0 Å². The Hall–Kier alpha value is -2.38. The molecular formula is C27H35BrN2O4. The summed E-state index contributed by atoms with van der Waals surface area (Å²) in [4.78, 5) is 26.8. The van der Waals surface area contributed by atoms with E-state index in [-0.39, 0.29) is 17.9 Å². The molecule has 0 aromatic heterocycles. The van der Waals surface area contributed by atoms with Crippen molar-refractivity contribution < 1.29 is 19.4 Å². The lowest BCUT2D eigenvalue weighted by molar-refractivity contribution is 0.0522. The molecule has 7 heteroatoms. The number of nitrogens with zero attached hydrogens (tertiary/aromatic N) is 1. The number of benzene rings is 2. The maximum absolute atomic E-state index is 13.1. The molecule has 0 fully saturated rings. The van der Waals surface area contributed by atoms with Gasteiger partial charge in [-0.15, -0.1) is 0 Å². The average Bonchev–Trinajstić information content (AvgIpc) is 2.73. The highest BCUT2D eigenvalue weighted by atomic mass is 79.9. The predicted octanol–water partition coefficient (Wildman–Crippen LogP) is 5.20. The van der Waals surface area contributed by atoms with Gasteiger partial charge in [0.25, 0.3) is 5.91 Å². The van der Waals surface area contributed by atoms with Crippen molar-refractivity contribution in [2.75, 3.05) is 13.1 Å². The number of ether oxygens (including phenoxy) is 1. The second-order valence-corrected chi connectivity index (χ2v) is 11.5. The Morgan fingerprint density at radius 1 is 1.21 bits per heavy atom. The van der Waals surface area contributed by atoms with Crippen LogP contribution in [-0.2, 0) is 23.1 Å². The second kappa shape index (κ2) is 10.5. The molecule has 0 radical (unpaired) electrons. The van der Waals surface area contributed by atoms with Crippen LogP contribution >= 0.6 is 15.9 Å². The maximum Gasteiger partial charge on any atom is 0.407 e. The number of fused-ring (bicyclic) bond motifs is 1. The Bertz CT molecular complexity index is 1050. The Morgan fingerprint density at radius 3 is 2.56 bits per heavy atom. The number of amides is 2. The van der Waals surface area contributed by atoms with E-state index in [1.807, 2.05) is 63.2 Å². The van der Waals surface area contributed by atoms with Crippen LogP contribution in [0, 0.1) is 0 Å². The van der Waals surface area contributed by atoms with Gasteiger partial charge in [0, 0.05) is 35.1 Å². The fraction of sp³-hybridized carbons (Fsp3) is 0.481. The average molecular weight is 531 g/mol. The fourth-order valence-corrected chi connectivity index (χ4v) is 4.70. The van der Waals surface area contributed by atoms with E-state index in [4.69, 9.17) is 4.74 Å². The predicted molar refractivity (Wildman–Crippen MR) is 137 cm³/mol. The van der Waals surface area contributed by atoms with Gasteiger partial charge in [-0.1, -0.05) is 54.0 Å². The number of β-amino-alcohol motifs (C(OH)–C–C–N with tert-alkyl or cyclic N) is 1. The van der Waals surface area contributed by atoms with E-state index in [9.17, 15) is 14.7 Å². The minimum Gasteiger partial charge on any atom is -0.444 e. The Labute approximate surface area is 210 Å². The quantitative estimate of drug-likeness (QED) is 0.515. The summed E-state index contributed by atoms with van der Waals surface area (Å²) < 4.78 is 6.27. The van der Waals surface area contributed by atoms with Gasteiger partial charge in [-0.05, 0) is 68.5 Å². The number of hydrogen-bond acceptors (Lipinski definition) is 4. The molecule has 2 aromatic rings. The summed E-state index contributed by atoms with van der Waals surface area (Å²) in [6.07, 6.45) is 0.0490. The molecule has 2 aromatic carbocycles. The lowest BCUT2D eigenvalue weighted by Crippen LogP contribution is -2.49. The summed E-state index contributed by atoms with van der Waals surface area (Å²) in [6, 6.07) is 13.6. The molecule has 0 aliphatic carbocycles. The van der Waals surface area contributed by atoms with Gasteiger partial charge in [0.2, 0.25) is 0 Å². The van der Waals surface area contributed by atoms with Gasteiger partial charge in [-0.3, -0.25) is 4.79 Å². The van der Waals surface area contributed by atoms with Crippen molar-refractivity contribution in [3.63, 3.8) is 0 Å². The number of nitrogens with one attached hydrogen (secondary N) is 1. The third-order valence-electron chi connectivity index (χ3n) is 5.93. The van der Waals surface area contributed by atoms with Crippen molar-refractivity contribution in [1.82, 2.24) is 10.2 Å². The first-order valence-electron chi connectivity index (χ1n) is 11.7. The van der Waals surface area contributed by atoms with Crippen molar-refractivity contribution >= 4 is 27.9 Å². The Kier molecular flexibility index (Phi) is 8.09. The summed E-state index contributed by atoms with van der Waals surface area (Å²) in [6.45, 7) is 10.9. The summed E-state index contributed by atoms with van der Waals surface area (Å²) in [7, 11) is 0. The summed E-state index contributed by atoms with van der Waals surface area (Å²) in [5.41, 5.74) is 3.01. The van der Waals surface area contributed by atoms with E-state index in [0.29, 0.717) is 31.5 Å². The monoisotopic (exact) mass is 530 g/mol. The largest absolute Gasteiger partial charge is 0.444 e. The number of aliphatic hydroxyl groups is 1. The third kappa shape index (κ3) is 6.83. The van der Waals surface area contributed by atoms with Crippen molar-refractivity contribution in [3.8, 4) is 0 Å². The number of aliphatic hydroxyl groups excluding tert-OH is 1. The van der Waals surface area contributed by atoms with E-state index < -0.39 is 17.8 Å². The molecule has 3 rings (SSSR count). The zero-order valence-electron chi connectivity index (χ0n) is 20.7. The fourth-order valence-electron chi connectivity index (χ4n) is 4.34. The van der Waals surface area contributed by atoms with Crippen LogP contribution < -0.4 is 5.32 Å². The van der Waals surface area contributed by atoms with Crippen LogP contribution in [0.1, 0.15) is 68.1 Å². The van der Waals surface area contributed by atoms with E-state index >= 15 is 0 Å². The molecule has 1 unspecified atom stereocenters. The molecule has 1 atom stereocenters. The van der Waals surface area contributed by atoms with E-state index in [0.717, 1.165) is 21.2 Å². The van der Waals surface area contributed by atoms with Gasteiger partial charge in [0.15, 0.2) is 0 Å². The van der Waals surface area contributed by atoms with Crippen LogP contribution in [0.2, 0.25) is 0 Å². The van der Waals surface area contributed by atoms with Gasteiger partial charge in [-0.25, -0.2) is 4.79 Å². The number of carbonyl (C=O) groups excluding carboxylic acids is 2. The first-order valence-corrected chi connectivity index (χ1v) is 12.5. The highest BCUT2D eigenvalue weighted by molar-refractivity contribution is 9.10. The molecule has 34 heavy (non-hydrogen) atoms. The van der Waals surface area contributed by atoms with Crippen LogP contribution in [0.15, 0.2) is 46.9 Å². The van der Waals surface area contributed by atoms with E-state index in [2.05, 4.69) is 35.1 Å². The van der Waals surface area contributed by atoms with Gasteiger partial charge < -0.3 is 20.1 Å². The number of alkyl carbamates (subject to hydrolysis) is 1. The van der Waals surface area contributed by atoms with Crippen molar-refractivity contribution in [2.45, 2.75) is 71.1 Å². The smallest absolute Gasteiger partial charge is 0.407 e. The number of halogens is 1. The molecule has 0 saturated heterocycles. The first-order chi connectivity index (χ1) is 15.9. The van der Waals surface area contributed by atoms with E-state index in [1.54, 1.807) is 4.90 Å². The minimum atomic E-state index is -0.649. The molecule has 1 aliphatic heterocycles. The van der Waals surface area contributed by atoms with Gasteiger partial charge in [0.1, 0.15) is 5.60 Å². The number of carbonyl (C=O) groups is 2. The van der Waals surface area contributed by atoms with Crippen LogP contribution in [0.5, 0.6) is 0 Å². The first kappa shape index (κ1) is 26.2. The lowest BCUT2D eigenvalue weighted by Gasteiger charge is -2.40. The summed E-state index contributed by atoms with van der Waals surface area (Å²) in [5, 5.41) is 13.6. The van der Waals surface area contributed by atoms with Crippen molar-refractivity contribution in [3.05, 3.63) is 69.2 Å². The molecule has 0 bridgehead atoms. The van der Waals surface area contributed by atoms with Gasteiger partial charge in [0.05, 0.1) is 6.10 Å². The summed E-state index contributed by atoms with van der Waals surface area (Å²) in [5.74, 6) is -0.0390. The number of hydrogen-bond donors (Lipinski definition) is 2. The molecule has 0 spiro atoms. The molecule has 0 saturated carbocycles. The molecule has 1 aliphatic rings. The normalized spacial score (nSPS) is 16.1. The van der Waals surface area contributed by atoms with Crippen LogP contribution in [0.4, 0.5) is 4.79 Å². The maximum atomic E-state index is 13.1. The number of rotatable bonds is 7. The SMILES string of the molecule is CC(C)(C)OC(=O)NCc1ccccc1CCC(O)CN1CC(C)(C)c2cc(Br)ccc2C1=O. The number of aryl methyl sites for hydroxylation is 1. The van der Waals surface area contributed by atoms with Gasteiger partial charge >= 0.3 is 6.09 Å². The third-order valence-corrected chi connectivity index (χ3v) is 6.43. The molecule has 184 valence electrons. The molecule has 2 amide bonds. The van der Waals surface area contributed by atoms with Crippen molar-refractivity contribution in [1.29, 1.82) is 0 Å². The molecule has 2 N–H and O–H groups in total. The highest BCUT2D eigenvalue weighted by Gasteiger charge is 2.37. The molecule has 6 nitrogen and oxygen atoms in total. The zero-order chi connectivity index (χ0) is 25.1. The molecule has 1 heterocycles. The topological polar surface area (TPSA) is 78.9 Å². The molecular weight excluding hydrogens is 496 g/mol. The minimum absolute atomic E-state index is 0.0390. The Morgan fingerprint density at radius 2 is 1.88 bits per heavy atom.